The maximum Gasteiger partial charge on any atom is 0.410 e. The second kappa shape index (κ2) is 15.5. The first-order chi connectivity index (χ1) is 15.4. The van der Waals surface area contributed by atoms with Crippen LogP contribution in [0.15, 0.2) is 4.99 Å². The third-order valence-electron chi connectivity index (χ3n) is 3.27. The smallest absolute Gasteiger partial charge is 0.410 e. The highest BCUT2D eigenvalue weighted by molar-refractivity contribution is 5.82. The van der Waals surface area contributed by atoms with Gasteiger partial charge in [-0.3, -0.25) is 19.3 Å². The van der Waals surface area contributed by atoms with Crippen molar-refractivity contribution < 1.29 is 43.3 Å². The molecule has 0 rings (SSSR count). The minimum absolute atomic E-state index is 0.0379. The van der Waals surface area contributed by atoms with Gasteiger partial charge < -0.3 is 19.5 Å². The second-order valence-corrected chi connectivity index (χ2v) is 9.32. The number of carboxylic acid groups (broad SMARTS) is 1. The summed E-state index contributed by atoms with van der Waals surface area (Å²) < 4.78 is 10.2. The van der Waals surface area contributed by atoms with Gasteiger partial charge in [0.2, 0.25) is 6.08 Å². The summed E-state index contributed by atoms with van der Waals surface area (Å²) in [6.45, 7) is 13.1. The number of aliphatic imine (C=N–C) groups is 1. The lowest BCUT2D eigenvalue weighted by Gasteiger charge is -2.26. The van der Waals surface area contributed by atoms with Gasteiger partial charge in [-0.2, -0.15) is 0 Å². The number of hydrogen-bond donors (Lipinski definition) is 1. The maximum absolute atomic E-state index is 11.7. The van der Waals surface area contributed by atoms with Gasteiger partial charge in [-0.05, 0) is 55.4 Å². The van der Waals surface area contributed by atoms with E-state index < -0.39 is 29.4 Å². The van der Waals surface area contributed by atoms with E-state index in [0.29, 0.717) is 0 Å². The summed E-state index contributed by atoms with van der Waals surface area (Å²) in [6, 6.07) is 0. The van der Waals surface area contributed by atoms with E-state index in [-0.39, 0.29) is 50.7 Å². The Balaban J connectivity index is 0. The zero-order valence-corrected chi connectivity index (χ0v) is 21.3. The minimum atomic E-state index is -1.03. The third kappa shape index (κ3) is 20.6. The highest BCUT2D eigenvalue weighted by atomic mass is 16.6. The molecule has 0 bridgehead atoms. The van der Waals surface area contributed by atoms with Gasteiger partial charge in [-0.25, -0.2) is 19.4 Å². The molecule has 0 saturated heterocycles. The fraction of sp³-hybridized carbons (Fsp3) is 0.727. The van der Waals surface area contributed by atoms with E-state index in [9.17, 15) is 28.8 Å². The maximum atomic E-state index is 11.7. The van der Waals surface area contributed by atoms with Crippen LogP contribution in [0.5, 0.6) is 0 Å². The lowest BCUT2D eigenvalue weighted by Crippen LogP contribution is -2.40. The molecule has 0 aromatic heterocycles. The van der Waals surface area contributed by atoms with E-state index in [2.05, 4.69) is 4.99 Å². The Bertz CT molecular complexity index is 711. The van der Waals surface area contributed by atoms with Gasteiger partial charge >= 0.3 is 18.2 Å². The topological polar surface area (TPSA) is 160 Å². The van der Waals surface area contributed by atoms with Crippen molar-refractivity contribution in [2.75, 3.05) is 32.7 Å². The SMILES string of the molecule is CC(=O)CN(CCC(=O)O)C(=O)OC(C)(C)C.CC(=O)CN(CCN=C=O)C(=O)OC(C)(C)C. The molecule has 12 heteroatoms. The summed E-state index contributed by atoms with van der Waals surface area (Å²) in [7, 11) is 0. The Morgan fingerprint density at radius 2 is 1.18 bits per heavy atom. The van der Waals surface area contributed by atoms with Crippen LogP contribution in [0, 0.1) is 0 Å². The lowest BCUT2D eigenvalue weighted by molar-refractivity contribution is -0.137. The normalized spacial score (nSPS) is 10.6. The first kappa shape index (κ1) is 32.9. The van der Waals surface area contributed by atoms with Crippen LogP contribution in [0.4, 0.5) is 9.59 Å². The Kier molecular flexibility index (Phi) is 15.0. The van der Waals surface area contributed by atoms with Crippen molar-refractivity contribution in [2.45, 2.75) is 73.0 Å². The standard InChI is InChI=1S/C11H18N2O4.C11H19NO5/c1-9(15)7-13(6-5-12-8-14)10(16)17-11(2,3)4;1-8(13)7-12(6-5-9(14)15)10(16)17-11(2,3)4/h5-7H2,1-4H3;5-7H2,1-4H3,(H,14,15). The Hall–Kier alpha value is -3.27. The van der Waals surface area contributed by atoms with Gasteiger partial charge in [-0.1, -0.05) is 0 Å². The van der Waals surface area contributed by atoms with Gasteiger partial charge in [0.1, 0.15) is 22.8 Å². The highest BCUT2D eigenvalue weighted by Gasteiger charge is 2.24. The van der Waals surface area contributed by atoms with Crippen LogP contribution >= 0.6 is 0 Å². The second-order valence-electron chi connectivity index (χ2n) is 9.32. The Morgan fingerprint density at radius 1 is 0.794 bits per heavy atom. The van der Waals surface area contributed by atoms with Crippen molar-refractivity contribution >= 4 is 35.8 Å². The number of Topliss-reactive ketones (excluding diaryl/α,β-unsaturated/α-hetero) is 2. The summed E-state index contributed by atoms with van der Waals surface area (Å²) in [5, 5.41) is 8.55. The number of isocyanates is 1. The summed E-state index contributed by atoms with van der Waals surface area (Å²) in [5.41, 5.74) is -1.30. The summed E-state index contributed by atoms with van der Waals surface area (Å²) in [4.78, 5) is 71.3. The van der Waals surface area contributed by atoms with E-state index in [4.69, 9.17) is 14.6 Å². The fourth-order valence-electron chi connectivity index (χ4n) is 2.11. The predicted molar refractivity (Wildman–Crippen MR) is 122 cm³/mol. The number of carbonyl (C=O) groups excluding carboxylic acids is 5. The van der Waals surface area contributed by atoms with Gasteiger partial charge in [0.25, 0.3) is 0 Å². The molecule has 0 fully saturated rings. The van der Waals surface area contributed by atoms with Crippen LogP contribution < -0.4 is 0 Å². The number of hydrogen-bond acceptors (Lipinski definition) is 9. The van der Waals surface area contributed by atoms with E-state index in [1.165, 1.54) is 24.8 Å². The average Bonchev–Trinajstić information content (AvgIpc) is 2.61. The van der Waals surface area contributed by atoms with Crippen molar-refractivity contribution in [2.24, 2.45) is 4.99 Å². The lowest BCUT2D eigenvalue weighted by atomic mass is 10.2. The first-order valence-electron chi connectivity index (χ1n) is 10.6. The van der Waals surface area contributed by atoms with Crippen LogP contribution in [0.2, 0.25) is 0 Å². The molecule has 0 heterocycles. The molecule has 0 unspecified atom stereocenters. The molecular weight excluding hydrogens is 450 g/mol. The van der Waals surface area contributed by atoms with E-state index in [1.807, 2.05) is 0 Å². The molecule has 34 heavy (non-hydrogen) atoms. The summed E-state index contributed by atoms with van der Waals surface area (Å²) in [6.07, 6.45) is -0.102. The largest absolute Gasteiger partial charge is 0.481 e. The number of carbonyl (C=O) groups is 5. The van der Waals surface area contributed by atoms with Gasteiger partial charge in [0.15, 0.2) is 0 Å². The zero-order valence-electron chi connectivity index (χ0n) is 21.3. The molecule has 194 valence electrons. The Labute approximate surface area is 200 Å². The molecule has 2 amide bonds. The van der Waals surface area contributed by atoms with Crippen molar-refractivity contribution in [1.82, 2.24) is 9.80 Å². The average molecular weight is 488 g/mol. The molecule has 0 aliphatic carbocycles. The summed E-state index contributed by atoms with van der Waals surface area (Å²) >= 11 is 0. The molecule has 12 nitrogen and oxygen atoms in total. The molecule has 0 aliphatic rings. The number of amides is 2. The monoisotopic (exact) mass is 487 g/mol. The van der Waals surface area contributed by atoms with Crippen molar-refractivity contribution in [1.29, 1.82) is 0 Å². The third-order valence-corrected chi connectivity index (χ3v) is 3.27. The zero-order chi connectivity index (χ0) is 27.1. The molecule has 0 aromatic carbocycles. The molecule has 1 N–H and O–H groups in total. The minimum Gasteiger partial charge on any atom is -0.481 e. The van der Waals surface area contributed by atoms with Crippen LogP contribution in [0.1, 0.15) is 61.8 Å². The van der Waals surface area contributed by atoms with Crippen molar-refractivity contribution in [3.8, 4) is 0 Å². The van der Waals surface area contributed by atoms with Crippen LogP contribution in [-0.4, -0.2) is 94.6 Å². The van der Waals surface area contributed by atoms with Crippen LogP contribution in [0.25, 0.3) is 0 Å². The van der Waals surface area contributed by atoms with Crippen molar-refractivity contribution in [3.05, 3.63) is 0 Å². The molecular formula is C22H37N3O9. The Morgan fingerprint density at radius 3 is 1.47 bits per heavy atom. The number of ether oxygens (including phenoxy) is 2. The molecule has 0 aromatic rings. The van der Waals surface area contributed by atoms with Gasteiger partial charge in [0, 0.05) is 13.1 Å². The van der Waals surface area contributed by atoms with Crippen LogP contribution in [-0.2, 0) is 28.7 Å². The van der Waals surface area contributed by atoms with Gasteiger partial charge in [0.05, 0.1) is 26.1 Å². The molecule has 0 atom stereocenters. The summed E-state index contributed by atoms with van der Waals surface area (Å²) in [5.74, 6) is -1.41. The van der Waals surface area contributed by atoms with Gasteiger partial charge in [-0.15, -0.1) is 0 Å². The van der Waals surface area contributed by atoms with E-state index in [0.717, 1.165) is 4.90 Å². The molecule has 0 aliphatic heterocycles. The predicted octanol–water partition coefficient (Wildman–Crippen LogP) is 2.44. The quantitative estimate of drug-likeness (QED) is 0.360. The molecule has 0 saturated carbocycles. The molecule has 0 spiro atoms. The number of ketones is 2. The van der Waals surface area contributed by atoms with Crippen LogP contribution in [0.3, 0.4) is 0 Å². The van der Waals surface area contributed by atoms with E-state index in [1.54, 1.807) is 41.5 Å². The number of rotatable bonds is 10. The van der Waals surface area contributed by atoms with E-state index >= 15 is 0 Å². The first-order valence-corrected chi connectivity index (χ1v) is 10.6. The number of carboxylic acids is 1. The highest BCUT2D eigenvalue weighted by Crippen LogP contribution is 2.11. The number of nitrogens with zero attached hydrogens (tertiary/aromatic N) is 3. The molecule has 0 radical (unpaired) electrons. The van der Waals surface area contributed by atoms with Crippen molar-refractivity contribution in [3.63, 3.8) is 0 Å². The fourth-order valence-corrected chi connectivity index (χ4v) is 2.11. The number of aliphatic carboxylic acids is 1.